The van der Waals surface area contributed by atoms with Crippen LogP contribution in [0.5, 0.6) is 0 Å². The van der Waals surface area contributed by atoms with Crippen molar-refractivity contribution in [3.8, 4) is 0 Å². The Morgan fingerprint density at radius 2 is 1.89 bits per heavy atom. The van der Waals surface area contributed by atoms with Crippen molar-refractivity contribution in [3.63, 3.8) is 0 Å². The smallest absolute Gasteiger partial charge is 0.253 e. The van der Waals surface area contributed by atoms with Crippen molar-refractivity contribution in [2.45, 2.75) is 57.4 Å². The van der Waals surface area contributed by atoms with E-state index in [4.69, 9.17) is 5.73 Å². The molecule has 1 aromatic carbocycles. The molecule has 8 heteroatoms. The summed E-state index contributed by atoms with van der Waals surface area (Å²) in [6, 6.07) is 4.85. The summed E-state index contributed by atoms with van der Waals surface area (Å²) >= 11 is 0. The number of halogens is 1. The molecule has 2 rings (SSSR count). The molecule has 0 atom stereocenters. The molecule has 1 fully saturated rings. The summed E-state index contributed by atoms with van der Waals surface area (Å²) in [6.07, 6.45) is 3.83. The molecule has 154 valence electrons. The van der Waals surface area contributed by atoms with Crippen LogP contribution in [0.4, 0.5) is 0 Å². The molecule has 1 saturated carbocycles. The zero-order chi connectivity index (χ0) is 19.5. The third kappa shape index (κ3) is 6.17. The van der Waals surface area contributed by atoms with Crippen LogP contribution in [0.3, 0.4) is 0 Å². The topological polar surface area (TPSA) is 92.5 Å². The van der Waals surface area contributed by atoms with E-state index in [1.165, 1.54) is 6.07 Å². The first-order valence-electron chi connectivity index (χ1n) is 9.14. The fourth-order valence-corrected chi connectivity index (χ4v) is 4.92. The second-order valence-electron chi connectivity index (χ2n) is 8.11. The zero-order valence-electron chi connectivity index (χ0n) is 16.6. The zero-order valence-corrected chi connectivity index (χ0v) is 18.3. The fourth-order valence-electron chi connectivity index (χ4n) is 3.35. The Labute approximate surface area is 169 Å². The maximum absolute atomic E-state index is 12.8. The Morgan fingerprint density at radius 3 is 2.44 bits per heavy atom. The van der Waals surface area contributed by atoms with Crippen molar-refractivity contribution < 1.29 is 13.2 Å². The van der Waals surface area contributed by atoms with Crippen LogP contribution in [-0.4, -0.2) is 45.4 Å². The van der Waals surface area contributed by atoms with Crippen LogP contribution in [-0.2, 0) is 10.0 Å². The maximum Gasteiger partial charge on any atom is 0.253 e. The van der Waals surface area contributed by atoms with E-state index in [1.807, 2.05) is 13.8 Å². The highest BCUT2D eigenvalue weighted by molar-refractivity contribution is 7.89. The van der Waals surface area contributed by atoms with Gasteiger partial charge in [-0.05, 0) is 49.4 Å². The molecule has 0 unspecified atom stereocenters. The second-order valence-corrected chi connectivity index (χ2v) is 9.79. The summed E-state index contributed by atoms with van der Waals surface area (Å²) in [5.74, 6) is -0.205. The van der Waals surface area contributed by atoms with Gasteiger partial charge in [0.15, 0.2) is 0 Å². The molecular formula is C19H32ClN3O3S. The van der Waals surface area contributed by atoms with Gasteiger partial charge in [0.2, 0.25) is 10.0 Å². The highest BCUT2D eigenvalue weighted by atomic mass is 35.5. The molecule has 1 aromatic rings. The second kappa shape index (κ2) is 9.37. The van der Waals surface area contributed by atoms with Gasteiger partial charge in [-0.15, -0.1) is 12.4 Å². The molecule has 0 spiro atoms. The van der Waals surface area contributed by atoms with Gasteiger partial charge in [0, 0.05) is 25.2 Å². The SMILES string of the molecule is Cc1ccc(C(=O)N(C)CC(C)(C)CN)cc1S(=O)(=O)NC1CCCC1.Cl. The third-order valence-corrected chi connectivity index (χ3v) is 6.63. The lowest BCUT2D eigenvalue weighted by Crippen LogP contribution is -2.40. The van der Waals surface area contributed by atoms with E-state index in [9.17, 15) is 13.2 Å². The highest BCUT2D eigenvalue weighted by Crippen LogP contribution is 2.23. The van der Waals surface area contributed by atoms with Gasteiger partial charge in [0.05, 0.1) is 4.90 Å². The van der Waals surface area contributed by atoms with Crippen LogP contribution in [0, 0.1) is 12.3 Å². The first-order valence-corrected chi connectivity index (χ1v) is 10.6. The number of nitrogens with two attached hydrogens (primary N) is 1. The van der Waals surface area contributed by atoms with Crippen LogP contribution in [0.1, 0.15) is 55.5 Å². The predicted octanol–water partition coefficient (Wildman–Crippen LogP) is 2.69. The van der Waals surface area contributed by atoms with Crippen molar-refractivity contribution in [3.05, 3.63) is 29.3 Å². The van der Waals surface area contributed by atoms with Crippen molar-refractivity contribution in [1.82, 2.24) is 9.62 Å². The van der Waals surface area contributed by atoms with Gasteiger partial charge in [-0.1, -0.05) is 32.8 Å². The lowest BCUT2D eigenvalue weighted by atomic mass is 9.93. The van der Waals surface area contributed by atoms with Gasteiger partial charge in [0.25, 0.3) is 5.91 Å². The van der Waals surface area contributed by atoms with E-state index < -0.39 is 10.0 Å². The van der Waals surface area contributed by atoms with Crippen LogP contribution in [0.25, 0.3) is 0 Å². The minimum atomic E-state index is -3.64. The molecule has 1 aliphatic carbocycles. The number of hydrogen-bond acceptors (Lipinski definition) is 4. The van der Waals surface area contributed by atoms with Crippen LogP contribution < -0.4 is 10.5 Å². The number of carbonyl (C=O) groups is 1. The Balaban J connectivity index is 0.00000364. The minimum absolute atomic E-state index is 0. The molecule has 1 amide bonds. The quantitative estimate of drug-likeness (QED) is 0.713. The van der Waals surface area contributed by atoms with Crippen molar-refractivity contribution >= 4 is 28.3 Å². The molecule has 0 aliphatic heterocycles. The first-order chi connectivity index (χ1) is 12.1. The Hall–Kier alpha value is -1.15. The summed E-state index contributed by atoms with van der Waals surface area (Å²) < 4.78 is 28.3. The molecule has 6 nitrogen and oxygen atoms in total. The molecular weight excluding hydrogens is 386 g/mol. The predicted molar refractivity (Wildman–Crippen MR) is 111 cm³/mol. The maximum atomic E-state index is 12.8. The molecule has 1 aliphatic rings. The van der Waals surface area contributed by atoms with Gasteiger partial charge in [-0.2, -0.15) is 0 Å². The van der Waals surface area contributed by atoms with E-state index in [0.717, 1.165) is 25.7 Å². The monoisotopic (exact) mass is 417 g/mol. The van der Waals surface area contributed by atoms with Crippen LogP contribution in [0.2, 0.25) is 0 Å². The average Bonchev–Trinajstić information content (AvgIpc) is 3.06. The Kier molecular flexibility index (Phi) is 8.29. The Bertz CT molecular complexity index is 759. The van der Waals surface area contributed by atoms with E-state index in [0.29, 0.717) is 24.2 Å². The average molecular weight is 418 g/mol. The number of nitrogens with one attached hydrogen (secondary N) is 1. The van der Waals surface area contributed by atoms with Gasteiger partial charge < -0.3 is 10.6 Å². The van der Waals surface area contributed by atoms with Gasteiger partial charge in [-0.3, -0.25) is 4.79 Å². The first kappa shape index (κ1) is 23.9. The summed E-state index contributed by atoms with van der Waals surface area (Å²) in [5.41, 5.74) is 6.56. The summed E-state index contributed by atoms with van der Waals surface area (Å²) in [6.45, 7) is 6.70. The molecule has 0 bridgehead atoms. The molecule has 0 aromatic heterocycles. The van der Waals surface area contributed by atoms with Gasteiger partial charge in [0.1, 0.15) is 0 Å². The van der Waals surface area contributed by atoms with Crippen LogP contribution in [0.15, 0.2) is 23.1 Å². The minimum Gasteiger partial charge on any atom is -0.341 e. The standard InChI is InChI=1S/C19H31N3O3S.ClH/c1-14-9-10-15(18(23)22(4)13-19(2,3)12-20)11-17(14)26(24,25)21-16-7-5-6-8-16;/h9-11,16,21H,5-8,12-13,20H2,1-4H3;1H. The van der Waals surface area contributed by atoms with E-state index in [-0.39, 0.29) is 34.7 Å². The number of carbonyl (C=O) groups excluding carboxylic acids is 1. The van der Waals surface area contributed by atoms with E-state index in [1.54, 1.807) is 31.0 Å². The molecule has 0 heterocycles. The van der Waals surface area contributed by atoms with E-state index >= 15 is 0 Å². The number of amides is 1. The number of aryl methyl sites for hydroxylation is 1. The lowest BCUT2D eigenvalue weighted by Gasteiger charge is -2.29. The Morgan fingerprint density at radius 1 is 1.30 bits per heavy atom. The lowest BCUT2D eigenvalue weighted by molar-refractivity contribution is 0.0740. The summed E-state index contributed by atoms with van der Waals surface area (Å²) in [7, 11) is -1.92. The number of rotatable bonds is 7. The molecule has 3 N–H and O–H groups in total. The highest BCUT2D eigenvalue weighted by Gasteiger charge is 2.26. The number of sulfonamides is 1. The van der Waals surface area contributed by atoms with Crippen molar-refractivity contribution in [1.29, 1.82) is 0 Å². The number of hydrogen-bond donors (Lipinski definition) is 2. The van der Waals surface area contributed by atoms with E-state index in [2.05, 4.69) is 4.72 Å². The molecule has 27 heavy (non-hydrogen) atoms. The van der Waals surface area contributed by atoms with Gasteiger partial charge in [-0.25, -0.2) is 13.1 Å². The van der Waals surface area contributed by atoms with Crippen molar-refractivity contribution in [2.75, 3.05) is 20.1 Å². The third-order valence-electron chi connectivity index (χ3n) is 4.97. The molecule has 0 saturated heterocycles. The molecule has 0 radical (unpaired) electrons. The largest absolute Gasteiger partial charge is 0.341 e. The van der Waals surface area contributed by atoms with Gasteiger partial charge >= 0.3 is 0 Å². The summed E-state index contributed by atoms with van der Waals surface area (Å²) in [5, 5.41) is 0. The summed E-state index contributed by atoms with van der Waals surface area (Å²) in [4.78, 5) is 14.5. The van der Waals surface area contributed by atoms with Crippen molar-refractivity contribution in [2.24, 2.45) is 11.1 Å². The number of nitrogens with zero attached hydrogens (tertiary/aromatic N) is 1. The number of benzene rings is 1. The normalized spacial score (nSPS) is 15.4. The van der Waals surface area contributed by atoms with Crippen LogP contribution >= 0.6 is 12.4 Å². The fraction of sp³-hybridized carbons (Fsp3) is 0.632.